The van der Waals surface area contributed by atoms with Crippen molar-refractivity contribution >= 4 is 40.4 Å². The zero-order valence-corrected chi connectivity index (χ0v) is 22.0. The van der Waals surface area contributed by atoms with Crippen LogP contribution in [0.2, 0.25) is 5.02 Å². The molecule has 192 valence electrons. The van der Waals surface area contributed by atoms with Gasteiger partial charge in [0.1, 0.15) is 10.7 Å². The van der Waals surface area contributed by atoms with Crippen molar-refractivity contribution in [3.05, 3.63) is 58.5 Å². The number of carbonyl (C=O) groups excluding carboxylic acids is 1. The molecule has 1 saturated heterocycles. The average molecular weight is 531 g/mol. The Kier molecular flexibility index (Phi) is 9.01. The number of hydrogen-bond acceptors (Lipinski definition) is 7. The summed E-state index contributed by atoms with van der Waals surface area (Å²) < 4.78 is 17.1. The van der Waals surface area contributed by atoms with Crippen molar-refractivity contribution in [1.82, 2.24) is 15.6 Å². The van der Waals surface area contributed by atoms with E-state index in [1.807, 2.05) is 13.0 Å². The third-order valence-corrected chi connectivity index (χ3v) is 6.75. The highest BCUT2D eigenvalue weighted by Crippen LogP contribution is 2.33. The fraction of sp³-hybridized carbons (Fsp3) is 0.423. The summed E-state index contributed by atoms with van der Waals surface area (Å²) in [6.45, 7) is 3.81. The predicted molar refractivity (Wildman–Crippen MR) is 144 cm³/mol. The second kappa shape index (κ2) is 12.4. The van der Waals surface area contributed by atoms with Crippen molar-refractivity contribution in [2.75, 3.05) is 25.6 Å². The minimum absolute atomic E-state index is 0.0353. The molecule has 1 amide bonds. The van der Waals surface area contributed by atoms with Gasteiger partial charge in [0.15, 0.2) is 5.75 Å². The quantitative estimate of drug-likeness (QED) is 0.390. The summed E-state index contributed by atoms with van der Waals surface area (Å²) >= 11 is 11.9. The van der Waals surface area contributed by atoms with E-state index in [-0.39, 0.29) is 23.0 Å². The lowest BCUT2D eigenvalue weighted by atomic mass is 10.0. The van der Waals surface area contributed by atoms with Crippen LogP contribution in [0.4, 0.5) is 5.69 Å². The van der Waals surface area contributed by atoms with Gasteiger partial charge in [-0.25, -0.2) is 0 Å². The van der Waals surface area contributed by atoms with Gasteiger partial charge in [-0.2, -0.15) is 0 Å². The van der Waals surface area contributed by atoms with E-state index < -0.39 is 0 Å². The summed E-state index contributed by atoms with van der Waals surface area (Å²) in [7, 11) is 1.53. The number of nitrogens with zero attached hydrogens (tertiary/aromatic N) is 1. The fourth-order valence-corrected chi connectivity index (χ4v) is 4.93. The maximum absolute atomic E-state index is 13.0. The summed E-state index contributed by atoms with van der Waals surface area (Å²) in [6, 6.07) is 7.19. The minimum atomic E-state index is -0.238. The highest BCUT2D eigenvalue weighted by Gasteiger charge is 2.28. The maximum atomic E-state index is 13.0. The molecule has 0 radical (unpaired) electrons. The molecule has 8 nitrogen and oxygen atoms in total. The fourth-order valence-electron chi connectivity index (χ4n) is 4.35. The SMILES string of the molecule is COc1c(Cl)cccc1NC(=S)C1=C(NCc2ccncc2OCC[C@@H]2CCCO2)CC(C)NC1=O. The normalized spacial score (nSPS) is 19.6. The first-order valence-corrected chi connectivity index (χ1v) is 12.8. The lowest BCUT2D eigenvalue weighted by Crippen LogP contribution is -2.44. The molecule has 0 bridgehead atoms. The van der Waals surface area contributed by atoms with Crippen LogP contribution in [0.15, 0.2) is 47.9 Å². The smallest absolute Gasteiger partial charge is 0.256 e. The molecule has 0 aliphatic carbocycles. The first-order chi connectivity index (χ1) is 17.5. The Morgan fingerprint density at radius 1 is 1.36 bits per heavy atom. The number of nitrogens with one attached hydrogen (secondary N) is 3. The Morgan fingerprint density at radius 2 is 2.22 bits per heavy atom. The number of carbonyl (C=O) groups is 1. The Morgan fingerprint density at radius 3 is 3.00 bits per heavy atom. The highest BCUT2D eigenvalue weighted by molar-refractivity contribution is 7.81. The van der Waals surface area contributed by atoms with Crippen LogP contribution >= 0.6 is 23.8 Å². The summed E-state index contributed by atoms with van der Waals surface area (Å²) in [5, 5.41) is 9.97. The van der Waals surface area contributed by atoms with E-state index >= 15 is 0 Å². The molecule has 2 atom stereocenters. The number of thiocarbonyl (C=S) groups is 1. The van der Waals surface area contributed by atoms with Crippen LogP contribution in [0, 0.1) is 0 Å². The van der Waals surface area contributed by atoms with E-state index in [0.29, 0.717) is 47.4 Å². The molecule has 0 saturated carbocycles. The molecule has 2 aliphatic rings. The summed E-state index contributed by atoms with van der Waals surface area (Å²) in [6.07, 6.45) is 7.36. The first-order valence-electron chi connectivity index (χ1n) is 12.0. The molecule has 0 spiro atoms. The van der Waals surface area contributed by atoms with Gasteiger partial charge in [0, 0.05) is 49.5 Å². The molecule has 3 heterocycles. The monoisotopic (exact) mass is 530 g/mol. The Balaban J connectivity index is 1.48. The second-order valence-electron chi connectivity index (χ2n) is 8.82. The van der Waals surface area contributed by atoms with E-state index in [9.17, 15) is 4.79 Å². The summed E-state index contributed by atoms with van der Waals surface area (Å²) in [5.74, 6) is 0.933. The van der Waals surface area contributed by atoms with Crippen LogP contribution in [0.5, 0.6) is 11.5 Å². The van der Waals surface area contributed by atoms with Gasteiger partial charge in [-0.3, -0.25) is 9.78 Å². The molecule has 1 aromatic carbocycles. The largest absolute Gasteiger partial charge is 0.493 e. The number of rotatable bonds is 10. The number of methoxy groups -OCH3 is 1. The average Bonchev–Trinajstić information content (AvgIpc) is 3.37. The molecule has 3 N–H and O–H groups in total. The number of amides is 1. The molecule has 2 aromatic rings. The number of anilines is 1. The number of benzene rings is 1. The number of ether oxygens (including phenoxy) is 3. The lowest BCUT2D eigenvalue weighted by Gasteiger charge is -2.27. The molecule has 36 heavy (non-hydrogen) atoms. The van der Waals surface area contributed by atoms with E-state index in [2.05, 4.69) is 20.9 Å². The number of hydrogen-bond donors (Lipinski definition) is 3. The molecule has 2 aliphatic heterocycles. The van der Waals surface area contributed by atoms with E-state index in [1.165, 1.54) is 7.11 Å². The van der Waals surface area contributed by atoms with E-state index in [1.54, 1.807) is 30.6 Å². The summed E-state index contributed by atoms with van der Waals surface area (Å²) in [4.78, 5) is 17.5. The highest BCUT2D eigenvalue weighted by atomic mass is 35.5. The third-order valence-electron chi connectivity index (χ3n) is 6.15. The van der Waals surface area contributed by atoms with Crippen molar-refractivity contribution < 1.29 is 19.0 Å². The number of aromatic nitrogens is 1. The second-order valence-corrected chi connectivity index (χ2v) is 9.63. The van der Waals surface area contributed by atoms with Gasteiger partial charge in [0.05, 0.1) is 42.3 Å². The number of halogens is 1. The number of para-hydroxylation sites is 1. The lowest BCUT2D eigenvalue weighted by molar-refractivity contribution is -0.118. The van der Waals surface area contributed by atoms with Gasteiger partial charge in [-0.1, -0.05) is 29.9 Å². The molecular formula is C26H31ClN4O4S. The molecular weight excluding hydrogens is 500 g/mol. The van der Waals surface area contributed by atoms with Crippen LogP contribution < -0.4 is 25.4 Å². The van der Waals surface area contributed by atoms with Crippen molar-refractivity contribution in [2.45, 2.75) is 51.3 Å². The molecule has 10 heteroatoms. The van der Waals surface area contributed by atoms with E-state index in [4.69, 9.17) is 38.0 Å². The Labute approximate surface area is 221 Å². The van der Waals surface area contributed by atoms with Crippen LogP contribution in [0.1, 0.15) is 38.2 Å². The van der Waals surface area contributed by atoms with Gasteiger partial charge >= 0.3 is 0 Å². The predicted octanol–water partition coefficient (Wildman–Crippen LogP) is 4.38. The maximum Gasteiger partial charge on any atom is 0.256 e. The van der Waals surface area contributed by atoms with Crippen LogP contribution in [0.25, 0.3) is 0 Å². The van der Waals surface area contributed by atoms with Gasteiger partial charge in [0.2, 0.25) is 0 Å². The van der Waals surface area contributed by atoms with Gasteiger partial charge < -0.3 is 30.2 Å². The van der Waals surface area contributed by atoms with Gasteiger partial charge in [0.25, 0.3) is 5.91 Å². The van der Waals surface area contributed by atoms with Crippen LogP contribution in [0.3, 0.4) is 0 Å². The Hall–Kier alpha value is -2.88. The zero-order valence-electron chi connectivity index (χ0n) is 20.4. The first kappa shape index (κ1) is 26.2. The van der Waals surface area contributed by atoms with Gasteiger partial charge in [-0.05, 0) is 38.0 Å². The molecule has 1 fully saturated rings. The van der Waals surface area contributed by atoms with Crippen molar-refractivity contribution in [3.63, 3.8) is 0 Å². The molecule has 1 aromatic heterocycles. The number of pyridine rings is 1. The van der Waals surface area contributed by atoms with Gasteiger partial charge in [-0.15, -0.1) is 0 Å². The zero-order chi connectivity index (χ0) is 25.5. The van der Waals surface area contributed by atoms with Crippen molar-refractivity contribution in [1.29, 1.82) is 0 Å². The van der Waals surface area contributed by atoms with Crippen LogP contribution in [-0.2, 0) is 16.1 Å². The van der Waals surface area contributed by atoms with Crippen molar-refractivity contribution in [2.24, 2.45) is 0 Å². The molecule has 1 unspecified atom stereocenters. The standard InChI is InChI=1S/C26H31ClN4O4S/c1-16-13-21(23(25(32)30-16)26(36)31-20-7-3-6-19(27)24(20)33-2)29-14-17-8-10-28-15-22(17)35-12-9-18-5-4-11-34-18/h3,6-8,10,15-16,18,29H,4-5,9,11-14H2,1-2H3,(H,30,32)(H,31,36)/t16?,18-/m0/s1. The van der Waals surface area contributed by atoms with Crippen LogP contribution in [-0.4, -0.2) is 48.3 Å². The van der Waals surface area contributed by atoms with E-state index in [0.717, 1.165) is 37.1 Å². The summed E-state index contributed by atoms with van der Waals surface area (Å²) in [5.41, 5.74) is 2.68. The Bertz CT molecular complexity index is 1140. The minimum Gasteiger partial charge on any atom is -0.493 e. The van der Waals surface area contributed by atoms with Crippen molar-refractivity contribution in [3.8, 4) is 11.5 Å². The third kappa shape index (κ3) is 6.46. The topological polar surface area (TPSA) is 93.7 Å². The molecule has 4 rings (SSSR count).